The van der Waals surface area contributed by atoms with E-state index in [0.717, 1.165) is 11.3 Å². The third-order valence-electron chi connectivity index (χ3n) is 2.97. The van der Waals surface area contributed by atoms with Crippen LogP contribution in [0.25, 0.3) is 0 Å². The van der Waals surface area contributed by atoms with Crippen molar-refractivity contribution in [1.29, 1.82) is 0 Å². The Kier molecular flexibility index (Phi) is 6.09. The van der Waals surface area contributed by atoms with E-state index in [1.165, 1.54) is 0 Å². The number of amides is 1. The number of nitrogens with zero attached hydrogens (tertiary/aromatic N) is 1. The summed E-state index contributed by atoms with van der Waals surface area (Å²) in [6, 6.07) is 7.68. The average molecular weight is 262 g/mol. The van der Waals surface area contributed by atoms with Crippen LogP contribution in [0.3, 0.4) is 0 Å². The number of benzene rings is 1. The average Bonchev–Trinajstić information content (AvgIpc) is 2.46. The van der Waals surface area contributed by atoms with Gasteiger partial charge in [0.2, 0.25) is 5.91 Å². The van der Waals surface area contributed by atoms with Crippen molar-refractivity contribution in [2.24, 2.45) is 11.7 Å². The molecule has 2 N–H and O–H groups in total. The van der Waals surface area contributed by atoms with Gasteiger partial charge in [0.25, 0.3) is 0 Å². The van der Waals surface area contributed by atoms with Crippen LogP contribution in [0.1, 0.15) is 12.5 Å². The minimum Gasteiger partial charge on any atom is -0.497 e. The highest BCUT2D eigenvalue weighted by molar-refractivity contribution is 5.78. The molecule has 1 aromatic carbocycles. The first kappa shape index (κ1) is 15.2. The highest BCUT2D eigenvalue weighted by Gasteiger charge is 2.18. The van der Waals surface area contributed by atoms with E-state index in [1.54, 1.807) is 18.1 Å². The van der Waals surface area contributed by atoms with Crippen LogP contribution >= 0.6 is 0 Å². The van der Waals surface area contributed by atoms with Crippen molar-refractivity contribution in [2.45, 2.75) is 13.5 Å². The molecule has 0 aliphatic rings. The molecule has 19 heavy (non-hydrogen) atoms. The zero-order chi connectivity index (χ0) is 14.3. The smallest absolute Gasteiger partial charge is 0.227 e. The molecule has 1 rings (SSSR count). The van der Waals surface area contributed by atoms with E-state index in [2.05, 4.69) is 6.58 Å². The molecule has 0 aliphatic heterocycles. The van der Waals surface area contributed by atoms with Crippen LogP contribution < -0.4 is 10.5 Å². The minimum absolute atomic E-state index is 0.0539. The lowest BCUT2D eigenvalue weighted by Gasteiger charge is -2.24. The van der Waals surface area contributed by atoms with Crippen LogP contribution in [0.15, 0.2) is 36.9 Å². The first-order chi connectivity index (χ1) is 9.12. The summed E-state index contributed by atoms with van der Waals surface area (Å²) in [7, 11) is 1.63. The molecule has 0 aliphatic carbocycles. The fraction of sp³-hybridized carbons (Fsp3) is 0.400. The predicted octanol–water partition coefficient (Wildman–Crippen LogP) is 1.80. The normalized spacial score (nSPS) is 11.7. The van der Waals surface area contributed by atoms with Gasteiger partial charge in [-0.3, -0.25) is 4.79 Å². The van der Waals surface area contributed by atoms with E-state index in [-0.39, 0.29) is 11.8 Å². The molecule has 0 saturated heterocycles. The lowest BCUT2D eigenvalue weighted by Crippen LogP contribution is -2.37. The zero-order valence-electron chi connectivity index (χ0n) is 11.6. The topological polar surface area (TPSA) is 55.6 Å². The van der Waals surface area contributed by atoms with Gasteiger partial charge in [-0.2, -0.15) is 0 Å². The molecule has 1 amide bonds. The first-order valence-electron chi connectivity index (χ1n) is 6.35. The number of rotatable bonds is 7. The quantitative estimate of drug-likeness (QED) is 0.762. The molecule has 0 fully saturated rings. The Morgan fingerprint density at radius 3 is 2.58 bits per heavy atom. The maximum Gasteiger partial charge on any atom is 0.227 e. The molecule has 0 bridgehead atoms. The van der Waals surface area contributed by atoms with Crippen LogP contribution in [0, 0.1) is 5.92 Å². The van der Waals surface area contributed by atoms with Crippen molar-refractivity contribution in [3.63, 3.8) is 0 Å². The van der Waals surface area contributed by atoms with E-state index in [0.29, 0.717) is 19.6 Å². The van der Waals surface area contributed by atoms with Gasteiger partial charge < -0.3 is 15.4 Å². The van der Waals surface area contributed by atoms with Crippen molar-refractivity contribution in [2.75, 3.05) is 20.2 Å². The Hall–Kier alpha value is -1.81. The van der Waals surface area contributed by atoms with Gasteiger partial charge in [0, 0.05) is 25.6 Å². The minimum atomic E-state index is -0.168. The number of methoxy groups -OCH3 is 1. The maximum absolute atomic E-state index is 12.2. The maximum atomic E-state index is 12.2. The van der Waals surface area contributed by atoms with E-state index in [1.807, 2.05) is 31.2 Å². The summed E-state index contributed by atoms with van der Waals surface area (Å²) in [5.41, 5.74) is 6.60. The second-order valence-electron chi connectivity index (χ2n) is 4.49. The SMILES string of the molecule is C=CCN(Cc1ccc(OC)cc1)C(=O)C(C)CN. The van der Waals surface area contributed by atoms with E-state index < -0.39 is 0 Å². The van der Waals surface area contributed by atoms with Gasteiger partial charge in [0.1, 0.15) is 5.75 Å². The molecule has 0 spiro atoms. The molecule has 0 radical (unpaired) electrons. The van der Waals surface area contributed by atoms with Crippen molar-refractivity contribution >= 4 is 5.91 Å². The number of carbonyl (C=O) groups excluding carboxylic acids is 1. The van der Waals surface area contributed by atoms with Crippen LogP contribution in [-0.2, 0) is 11.3 Å². The molecule has 0 aromatic heterocycles. The van der Waals surface area contributed by atoms with Gasteiger partial charge >= 0.3 is 0 Å². The molecule has 1 aromatic rings. The molecule has 4 heteroatoms. The predicted molar refractivity (Wildman–Crippen MR) is 76.8 cm³/mol. The largest absolute Gasteiger partial charge is 0.497 e. The van der Waals surface area contributed by atoms with Gasteiger partial charge in [0.15, 0.2) is 0 Å². The lowest BCUT2D eigenvalue weighted by atomic mass is 10.1. The summed E-state index contributed by atoms with van der Waals surface area (Å²) in [5.74, 6) is 0.692. The third-order valence-corrected chi connectivity index (χ3v) is 2.97. The Morgan fingerprint density at radius 1 is 1.47 bits per heavy atom. The number of nitrogens with two attached hydrogens (primary N) is 1. The summed E-state index contributed by atoms with van der Waals surface area (Å²) in [4.78, 5) is 13.9. The number of ether oxygens (including phenoxy) is 1. The first-order valence-corrected chi connectivity index (χ1v) is 6.35. The van der Waals surface area contributed by atoms with Crippen LogP contribution in [0.5, 0.6) is 5.75 Å². The van der Waals surface area contributed by atoms with Crippen LogP contribution in [0.2, 0.25) is 0 Å². The van der Waals surface area contributed by atoms with Gasteiger partial charge in [0.05, 0.1) is 7.11 Å². The number of carbonyl (C=O) groups is 1. The number of hydrogen-bond acceptors (Lipinski definition) is 3. The van der Waals surface area contributed by atoms with Crippen molar-refractivity contribution in [3.8, 4) is 5.75 Å². The highest BCUT2D eigenvalue weighted by Crippen LogP contribution is 2.14. The third kappa shape index (κ3) is 4.41. The van der Waals surface area contributed by atoms with Crippen molar-refractivity contribution < 1.29 is 9.53 Å². The molecule has 1 unspecified atom stereocenters. The van der Waals surface area contributed by atoms with Crippen molar-refractivity contribution in [3.05, 3.63) is 42.5 Å². The van der Waals surface area contributed by atoms with Gasteiger partial charge in [-0.05, 0) is 17.7 Å². The summed E-state index contributed by atoms with van der Waals surface area (Å²) >= 11 is 0. The van der Waals surface area contributed by atoms with Crippen molar-refractivity contribution in [1.82, 2.24) is 4.90 Å². The fourth-order valence-electron chi connectivity index (χ4n) is 1.75. The van der Waals surface area contributed by atoms with E-state index >= 15 is 0 Å². The molecule has 1 atom stereocenters. The summed E-state index contributed by atoms with van der Waals surface area (Å²) in [5, 5.41) is 0. The van der Waals surface area contributed by atoms with Gasteiger partial charge in [-0.1, -0.05) is 25.1 Å². The number of hydrogen-bond donors (Lipinski definition) is 1. The molecule has 0 heterocycles. The summed E-state index contributed by atoms with van der Waals surface area (Å²) < 4.78 is 5.11. The fourth-order valence-corrected chi connectivity index (χ4v) is 1.75. The van der Waals surface area contributed by atoms with E-state index in [9.17, 15) is 4.79 Å². The Bertz CT molecular complexity index is 415. The lowest BCUT2D eigenvalue weighted by molar-refractivity contribution is -0.134. The zero-order valence-corrected chi connectivity index (χ0v) is 11.6. The Labute approximate surface area is 114 Å². The molecule has 4 nitrogen and oxygen atoms in total. The highest BCUT2D eigenvalue weighted by atomic mass is 16.5. The van der Waals surface area contributed by atoms with Crippen LogP contribution in [-0.4, -0.2) is 31.0 Å². The second kappa shape index (κ2) is 7.59. The van der Waals surface area contributed by atoms with Gasteiger partial charge in [-0.25, -0.2) is 0 Å². The van der Waals surface area contributed by atoms with Crippen LogP contribution in [0.4, 0.5) is 0 Å². The molecular weight excluding hydrogens is 240 g/mol. The summed E-state index contributed by atoms with van der Waals surface area (Å²) in [6.45, 7) is 6.97. The second-order valence-corrected chi connectivity index (χ2v) is 4.49. The van der Waals surface area contributed by atoms with Gasteiger partial charge in [-0.15, -0.1) is 6.58 Å². The summed E-state index contributed by atoms with van der Waals surface area (Å²) in [6.07, 6.45) is 1.73. The van der Waals surface area contributed by atoms with E-state index in [4.69, 9.17) is 10.5 Å². The monoisotopic (exact) mass is 262 g/mol. The molecule has 0 saturated carbocycles. The standard InChI is InChI=1S/C15H22N2O2/c1-4-9-17(15(18)12(2)10-16)11-13-5-7-14(19-3)8-6-13/h4-8,12H,1,9-11,16H2,2-3H3. The molecular formula is C15H22N2O2. The Balaban J connectivity index is 2.76. The Morgan fingerprint density at radius 2 is 2.11 bits per heavy atom. The molecule has 104 valence electrons.